The van der Waals surface area contributed by atoms with E-state index in [0.717, 1.165) is 27.0 Å². The molecule has 0 N–H and O–H groups in total. The molecule has 1 fully saturated rings. The monoisotopic (exact) mass is 803 g/mol. The first-order chi connectivity index (χ1) is 25.7. The molecule has 0 aliphatic carbocycles. The Hall–Kier alpha value is -2.84. The average molecular weight is 805 g/mol. The predicted octanol–water partition coefficient (Wildman–Crippen LogP) is 13.4. The number of amides is 1. The van der Waals surface area contributed by atoms with Crippen LogP contribution in [0.15, 0.2) is 132 Å². The molecule has 0 saturated carbocycles. The maximum Gasteiger partial charge on any atom is 0.232 e. The second-order valence-corrected chi connectivity index (χ2v) is 26.9. The maximum atomic E-state index is 15.7. The Bertz CT molecular complexity index is 1790. The summed E-state index contributed by atoms with van der Waals surface area (Å²) in [5.74, 6) is -0.00000368. The summed E-state index contributed by atoms with van der Waals surface area (Å²) in [4.78, 5) is 20.2. The molecule has 4 atom stereocenters. The Kier molecular flexibility index (Phi) is 14.1. The van der Waals surface area contributed by atoms with Crippen molar-refractivity contribution in [2.45, 2.75) is 105 Å². The van der Waals surface area contributed by atoms with Crippen molar-refractivity contribution >= 4 is 47.5 Å². The Morgan fingerprint density at radius 2 is 1.50 bits per heavy atom. The number of ether oxygens (including phenoxy) is 1. The number of halogens is 2. The van der Waals surface area contributed by atoms with Crippen LogP contribution in [0.4, 0.5) is 0 Å². The molecule has 5 rings (SSSR count). The second kappa shape index (κ2) is 18.0. The number of likely N-dealkylation sites (tertiary alicyclic amines) is 1. The molecular weight excluding hydrogens is 746 g/mol. The predicted molar refractivity (Wildman–Crippen MR) is 233 cm³/mol. The number of nitrogens with zero attached hydrogens (tertiary/aromatic N) is 1. The lowest BCUT2D eigenvalue weighted by molar-refractivity contribution is -0.161. The molecule has 4 nitrogen and oxygen atoms in total. The van der Waals surface area contributed by atoms with Gasteiger partial charge in [-0.2, -0.15) is 0 Å². The fraction of sp³-hybridized carbons (Fsp3) is 0.413. The van der Waals surface area contributed by atoms with Crippen molar-refractivity contribution < 1.29 is 13.7 Å². The fourth-order valence-electron chi connectivity index (χ4n) is 7.93. The molecule has 54 heavy (non-hydrogen) atoms. The van der Waals surface area contributed by atoms with Gasteiger partial charge in [0.1, 0.15) is 0 Å². The molecule has 4 aromatic carbocycles. The molecule has 0 bridgehead atoms. The molecule has 1 saturated heterocycles. The maximum absolute atomic E-state index is 15.7. The van der Waals surface area contributed by atoms with E-state index >= 15 is 4.79 Å². The number of hydrogen-bond acceptors (Lipinski definition) is 3. The van der Waals surface area contributed by atoms with Crippen LogP contribution >= 0.6 is 33.5 Å². The van der Waals surface area contributed by atoms with Gasteiger partial charge in [-0.15, -0.1) is 6.58 Å². The van der Waals surface area contributed by atoms with Gasteiger partial charge in [-0.1, -0.05) is 127 Å². The van der Waals surface area contributed by atoms with E-state index in [0.29, 0.717) is 49.1 Å². The summed E-state index contributed by atoms with van der Waals surface area (Å²) in [6.07, 6.45) is 3.69. The highest BCUT2D eigenvalue weighted by Gasteiger charge is 2.54. The smallest absolute Gasteiger partial charge is 0.232 e. The van der Waals surface area contributed by atoms with Gasteiger partial charge in [-0.25, -0.2) is 0 Å². The van der Waals surface area contributed by atoms with E-state index in [9.17, 15) is 0 Å². The molecule has 8 heteroatoms. The van der Waals surface area contributed by atoms with Crippen LogP contribution in [0, 0.1) is 5.41 Å². The van der Waals surface area contributed by atoms with Gasteiger partial charge in [-0.05, 0) is 106 Å². The van der Waals surface area contributed by atoms with E-state index < -0.39 is 23.8 Å². The molecule has 1 heterocycles. The number of rotatable bonds is 16. The van der Waals surface area contributed by atoms with Crippen molar-refractivity contribution in [1.82, 2.24) is 4.90 Å². The van der Waals surface area contributed by atoms with Crippen LogP contribution in [0.5, 0.6) is 0 Å². The standard InChI is InChI=1S/C46H59Cl2NO3SSi/c1-9-28-46(34-51-29-30-54(6,7)8)32-42(36-18-17-19-38(48)31-36)43(35-24-26-37(47)27-25-35)49(44(46)50)39(10-2)33-52-53(45(3,4)5,40-20-13-11-14-21-40)41-22-15-12-16-23-41/h9,11-27,31,39,42-43H,1,10,28-30,32-34H2,2-8H3/t39-,42+,43+,46-/m0/s1. The van der Waals surface area contributed by atoms with Crippen molar-refractivity contribution in [1.29, 1.82) is 0 Å². The lowest BCUT2D eigenvalue weighted by Gasteiger charge is -2.54. The first kappa shape index (κ1) is 42.3. The van der Waals surface area contributed by atoms with Crippen LogP contribution in [0.25, 0.3) is 0 Å². The molecule has 1 aliphatic heterocycles. The third kappa shape index (κ3) is 9.39. The SMILES string of the molecule is C=CC[C@@]1(COCC[Si](C)(C)C)C[C@H](c2cccc(Cl)c2)[C@@H](c2ccc(Cl)cc2)N([C@@H](CC)COS(c2ccccc2)(c2ccccc2)C(C)(C)C)C1=O. The number of allylic oxidation sites excluding steroid dienone is 1. The number of carbonyl (C=O) groups is 1. The largest absolute Gasteiger partial charge is 0.381 e. The van der Waals surface area contributed by atoms with E-state index in [1.54, 1.807) is 0 Å². The summed E-state index contributed by atoms with van der Waals surface area (Å²) >= 11 is 13.2. The molecular formula is C46H59Cl2NO3SSi. The number of carbonyl (C=O) groups excluding carboxylic acids is 1. The Balaban J connectivity index is 1.68. The quantitative estimate of drug-likeness (QED) is 0.0643. The highest BCUT2D eigenvalue weighted by Crippen LogP contribution is 2.71. The Morgan fingerprint density at radius 3 is 2.02 bits per heavy atom. The Morgan fingerprint density at radius 1 is 0.889 bits per heavy atom. The molecule has 4 aromatic rings. The van der Waals surface area contributed by atoms with Crippen LogP contribution in [0.2, 0.25) is 35.7 Å². The zero-order chi connectivity index (χ0) is 39.1. The van der Waals surface area contributed by atoms with Crippen molar-refractivity contribution in [2.75, 3.05) is 19.8 Å². The number of benzene rings is 4. The summed E-state index contributed by atoms with van der Waals surface area (Å²) in [5, 5.41) is 1.33. The van der Waals surface area contributed by atoms with E-state index in [-0.39, 0.29) is 28.7 Å². The van der Waals surface area contributed by atoms with Gasteiger partial charge < -0.3 is 13.8 Å². The molecule has 1 amide bonds. The van der Waals surface area contributed by atoms with Gasteiger partial charge in [0.05, 0.1) is 30.7 Å². The van der Waals surface area contributed by atoms with E-state index in [1.807, 2.05) is 30.3 Å². The van der Waals surface area contributed by atoms with Crippen molar-refractivity contribution in [3.8, 4) is 0 Å². The summed E-state index contributed by atoms with van der Waals surface area (Å²) in [5.41, 5.74) is 1.30. The highest BCUT2D eigenvalue weighted by molar-refractivity contribution is 8.31. The van der Waals surface area contributed by atoms with E-state index in [1.165, 1.54) is 0 Å². The summed E-state index contributed by atoms with van der Waals surface area (Å²) in [6, 6.07) is 37.9. The second-order valence-electron chi connectivity index (χ2n) is 16.9. The van der Waals surface area contributed by atoms with Gasteiger partial charge in [0.2, 0.25) is 5.91 Å². The molecule has 1 aliphatic rings. The minimum absolute atomic E-state index is 0.0832. The van der Waals surface area contributed by atoms with Crippen LogP contribution in [0.3, 0.4) is 0 Å². The van der Waals surface area contributed by atoms with Crippen LogP contribution in [0.1, 0.15) is 70.0 Å². The van der Waals surface area contributed by atoms with Gasteiger partial charge in [0.15, 0.2) is 0 Å². The van der Waals surface area contributed by atoms with E-state index in [2.05, 4.69) is 144 Å². The topological polar surface area (TPSA) is 38.8 Å². The molecule has 0 aromatic heterocycles. The van der Waals surface area contributed by atoms with Gasteiger partial charge in [-0.3, -0.25) is 4.79 Å². The normalized spacial score (nSPS) is 20.5. The minimum Gasteiger partial charge on any atom is -0.381 e. The van der Waals surface area contributed by atoms with Crippen LogP contribution < -0.4 is 0 Å². The van der Waals surface area contributed by atoms with Gasteiger partial charge >= 0.3 is 0 Å². The first-order valence-corrected chi connectivity index (χ1v) is 25.3. The summed E-state index contributed by atoms with van der Waals surface area (Å²) < 4.78 is 13.8. The zero-order valence-electron chi connectivity index (χ0n) is 33.2. The third-order valence-corrected chi connectivity index (χ3v) is 17.0. The molecule has 290 valence electrons. The zero-order valence-corrected chi connectivity index (χ0v) is 36.5. The van der Waals surface area contributed by atoms with Crippen LogP contribution in [-0.2, 0) is 13.7 Å². The molecule has 0 radical (unpaired) electrons. The van der Waals surface area contributed by atoms with Crippen molar-refractivity contribution in [3.63, 3.8) is 0 Å². The van der Waals surface area contributed by atoms with Crippen molar-refractivity contribution in [3.05, 3.63) is 143 Å². The van der Waals surface area contributed by atoms with Gasteiger partial charge in [0.25, 0.3) is 0 Å². The lowest BCUT2D eigenvalue weighted by Crippen LogP contribution is -2.58. The van der Waals surface area contributed by atoms with Crippen LogP contribution in [-0.4, -0.2) is 49.5 Å². The summed E-state index contributed by atoms with van der Waals surface area (Å²) in [7, 11) is -3.42. The number of hydrogen-bond donors (Lipinski definition) is 0. The van der Waals surface area contributed by atoms with E-state index in [4.69, 9.17) is 32.1 Å². The fourth-order valence-corrected chi connectivity index (χ4v) is 12.8. The molecule has 0 spiro atoms. The number of piperidine rings is 1. The minimum atomic E-state index is -2.07. The van der Waals surface area contributed by atoms with Gasteiger partial charge in [0, 0.05) is 45.2 Å². The van der Waals surface area contributed by atoms with Crippen molar-refractivity contribution in [2.24, 2.45) is 5.41 Å². The lowest BCUT2D eigenvalue weighted by atomic mass is 9.66. The first-order valence-electron chi connectivity index (χ1n) is 19.3. The summed E-state index contributed by atoms with van der Waals surface area (Å²) in [6.45, 7) is 21.5. The molecule has 0 unspecified atom stereocenters. The third-order valence-electron chi connectivity index (χ3n) is 10.7. The average Bonchev–Trinajstić information content (AvgIpc) is 3.13. The highest BCUT2D eigenvalue weighted by atomic mass is 35.5. The Labute approximate surface area is 337 Å².